The third kappa shape index (κ3) is 8.53. The molecule has 144 valence electrons. The van der Waals surface area contributed by atoms with Gasteiger partial charge in [-0.2, -0.15) is 5.26 Å². The lowest BCUT2D eigenvalue weighted by Gasteiger charge is -2.17. The molecule has 5 heteroatoms. The van der Waals surface area contributed by atoms with Crippen LogP contribution in [0.4, 0.5) is 0 Å². The molecule has 0 aromatic heterocycles. The van der Waals surface area contributed by atoms with Gasteiger partial charge < -0.3 is 9.84 Å². The van der Waals surface area contributed by atoms with Gasteiger partial charge in [-0.1, -0.05) is 64.6 Å². The van der Waals surface area contributed by atoms with Crippen LogP contribution in [0.25, 0.3) is 0 Å². The van der Waals surface area contributed by atoms with Crippen molar-refractivity contribution in [2.45, 2.75) is 77.2 Å². The lowest BCUT2D eigenvalue weighted by Crippen LogP contribution is -2.17. The van der Waals surface area contributed by atoms with Gasteiger partial charge in [0.1, 0.15) is 12.4 Å². The van der Waals surface area contributed by atoms with Crippen LogP contribution < -0.4 is 4.74 Å². The van der Waals surface area contributed by atoms with E-state index in [1.54, 1.807) is 0 Å². The van der Waals surface area contributed by atoms with Gasteiger partial charge in [0.25, 0.3) is 0 Å². The zero-order valence-electron chi connectivity index (χ0n) is 15.9. The van der Waals surface area contributed by atoms with Gasteiger partial charge in [-0.25, -0.2) is 0 Å². The highest BCUT2D eigenvalue weighted by Gasteiger charge is 2.14. The fourth-order valence-corrected chi connectivity index (χ4v) is 3.31. The van der Waals surface area contributed by atoms with Gasteiger partial charge in [0.15, 0.2) is 0 Å². The molecule has 0 spiro atoms. The predicted molar refractivity (Wildman–Crippen MR) is 115 cm³/mol. The van der Waals surface area contributed by atoms with Crippen molar-refractivity contribution < 1.29 is 9.84 Å². The zero-order chi connectivity index (χ0) is 19.4. The summed E-state index contributed by atoms with van der Waals surface area (Å²) in [5.74, 6) is 0.747. The van der Waals surface area contributed by atoms with E-state index < -0.39 is 6.10 Å². The van der Waals surface area contributed by atoms with E-state index in [4.69, 9.17) is 22.2 Å². The van der Waals surface area contributed by atoms with Crippen molar-refractivity contribution >= 4 is 29.0 Å². The van der Waals surface area contributed by atoms with Crippen LogP contribution in [0.2, 0.25) is 0 Å². The maximum absolute atomic E-state index is 10.1. The van der Waals surface area contributed by atoms with Crippen LogP contribution in [0.1, 0.15) is 82.3 Å². The molecule has 3 nitrogen and oxygen atoms in total. The second-order valence-electron chi connectivity index (χ2n) is 6.84. The van der Waals surface area contributed by atoms with Gasteiger partial charge in [0, 0.05) is 12.0 Å². The van der Waals surface area contributed by atoms with Crippen LogP contribution in [-0.2, 0) is 0 Å². The van der Waals surface area contributed by atoms with Crippen LogP contribution in [-0.4, -0.2) is 22.0 Å². The summed E-state index contributed by atoms with van der Waals surface area (Å²) in [6, 6.07) is 7.84. The minimum absolute atomic E-state index is 0.0525. The summed E-state index contributed by atoms with van der Waals surface area (Å²) in [5, 5.41) is 19.1. The SMILES string of the molecule is CCCCCCCCC(O)COc1ccc(C(=S)S)c(C(C)CC#N)c1. The second-order valence-corrected chi connectivity index (χ2v) is 8.00. The minimum Gasteiger partial charge on any atom is -0.491 e. The Balaban J connectivity index is 2.52. The Bertz CT molecular complexity index is 598. The molecular formula is C21H31NO2S2. The predicted octanol–water partition coefficient (Wildman–Crippen LogP) is 5.80. The van der Waals surface area contributed by atoms with Crippen molar-refractivity contribution in [2.24, 2.45) is 0 Å². The van der Waals surface area contributed by atoms with Gasteiger partial charge in [0.05, 0.1) is 16.4 Å². The third-order valence-corrected chi connectivity index (χ3v) is 4.98. The first-order valence-electron chi connectivity index (χ1n) is 9.54. The van der Waals surface area contributed by atoms with Crippen molar-refractivity contribution in [1.29, 1.82) is 5.26 Å². The van der Waals surface area contributed by atoms with E-state index in [9.17, 15) is 5.11 Å². The Hall–Kier alpha value is -1.09. The molecule has 0 aliphatic carbocycles. The Morgan fingerprint density at radius 3 is 2.62 bits per heavy atom. The Kier molecular flexibility index (Phi) is 11.6. The number of ether oxygens (including phenoxy) is 1. The fraction of sp³-hybridized carbons (Fsp3) is 0.619. The first-order chi connectivity index (χ1) is 12.5. The maximum Gasteiger partial charge on any atom is 0.119 e. The average molecular weight is 394 g/mol. The van der Waals surface area contributed by atoms with E-state index in [1.807, 2.05) is 25.1 Å². The van der Waals surface area contributed by atoms with E-state index in [-0.39, 0.29) is 12.5 Å². The number of aliphatic hydroxyl groups is 1. The zero-order valence-corrected chi connectivity index (χ0v) is 17.6. The molecule has 0 saturated heterocycles. The quantitative estimate of drug-likeness (QED) is 0.253. The molecule has 2 atom stereocenters. The smallest absolute Gasteiger partial charge is 0.119 e. The van der Waals surface area contributed by atoms with Crippen LogP contribution in [0, 0.1) is 11.3 Å². The van der Waals surface area contributed by atoms with Gasteiger partial charge in [0.2, 0.25) is 0 Å². The number of hydrogen-bond donors (Lipinski definition) is 2. The number of aliphatic hydroxyl groups excluding tert-OH is 1. The second kappa shape index (κ2) is 13.1. The minimum atomic E-state index is -0.452. The van der Waals surface area contributed by atoms with E-state index in [0.29, 0.717) is 16.4 Å². The number of nitrogens with zero attached hydrogens (tertiary/aromatic N) is 1. The van der Waals surface area contributed by atoms with Crippen LogP contribution in [0.15, 0.2) is 18.2 Å². The first kappa shape index (κ1) is 23.0. The summed E-state index contributed by atoms with van der Waals surface area (Å²) < 4.78 is 6.28. The summed E-state index contributed by atoms with van der Waals surface area (Å²) in [6.45, 7) is 4.49. The molecule has 1 rings (SSSR count). The lowest BCUT2D eigenvalue weighted by atomic mass is 9.94. The van der Waals surface area contributed by atoms with Gasteiger partial charge >= 0.3 is 0 Å². The van der Waals surface area contributed by atoms with Crippen molar-refractivity contribution in [3.8, 4) is 11.8 Å². The highest BCUT2D eigenvalue weighted by molar-refractivity contribution is 8.11. The topological polar surface area (TPSA) is 53.2 Å². The largest absolute Gasteiger partial charge is 0.491 e. The highest BCUT2D eigenvalue weighted by Crippen LogP contribution is 2.28. The molecule has 0 bridgehead atoms. The standard InChI is InChI=1S/C21H31NO2S2/c1-3-4-5-6-7-8-9-17(23)15-24-18-10-11-19(21(25)26)20(14-18)16(2)12-13-22/h10-11,14,16-17,23H,3-9,12,15H2,1-2H3,(H,25,26). The normalized spacial score (nSPS) is 13.0. The Labute approximate surface area is 169 Å². The molecule has 2 unspecified atom stereocenters. The molecule has 0 heterocycles. The molecule has 0 fully saturated rings. The van der Waals surface area contributed by atoms with E-state index in [1.165, 1.54) is 32.1 Å². The van der Waals surface area contributed by atoms with Crippen molar-refractivity contribution in [3.05, 3.63) is 29.3 Å². The van der Waals surface area contributed by atoms with Gasteiger partial charge in [-0.05, 0) is 36.1 Å². The monoisotopic (exact) mass is 393 g/mol. The molecule has 0 amide bonds. The highest BCUT2D eigenvalue weighted by atomic mass is 32.1. The molecular weight excluding hydrogens is 362 g/mol. The van der Waals surface area contributed by atoms with Crippen molar-refractivity contribution in [2.75, 3.05) is 6.61 Å². The maximum atomic E-state index is 10.1. The van der Waals surface area contributed by atoms with E-state index in [2.05, 4.69) is 25.6 Å². The van der Waals surface area contributed by atoms with E-state index >= 15 is 0 Å². The number of thiocarbonyl (C=S) groups is 1. The Morgan fingerprint density at radius 1 is 1.27 bits per heavy atom. The number of thiol groups is 1. The van der Waals surface area contributed by atoms with Crippen LogP contribution in [0.5, 0.6) is 5.75 Å². The molecule has 1 N–H and O–H groups in total. The molecule has 26 heavy (non-hydrogen) atoms. The number of nitriles is 1. The number of hydrogen-bond acceptors (Lipinski definition) is 4. The van der Waals surface area contributed by atoms with Crippen LogP contribution >= 0.6 is 24.8 Å². The van der Waals surface area contributed by atoms with Gasteiger partial charge in [-0.3, -0.25) is 0 Å². The molecule has 1 aromatic rings. The average Bonchev–Trinajstić information content (AvgIpc) is 2.62. The van der Waals surface area contributed by atoms with Crippen molar-refractivity contribution in [3.63, 3.8) is 0 Å². The molecule has 0 radical (unpaired) electrons. The lowest BCUT2D eigenvalue weighted by molar-refractivity contribution is 0.0974. The fourth-order valence-electron chi connectivity index (χ4n) is 2.92. The Morgan fingerprint density at radius 2 is 1.96 bits per heavy atom. The number of rotatable bonds is 13. The molecule has 0 aliphatic heterocycles. The molecule has 0 aliphatic rings. The molecule has 0 saturated carbocycles. The van der Waals surface area contributed by atoms with Gasteiger partial charge in [-0.15, -0.1) is 12.6 Å². The molecule has 1 aromatic carbocycles. The summed E-state index contributed by atoms with van der Waals surface area (Å²) in [7, 11) is 0. The summed E-state index contributed by atoms with van der Waals surface area (Å²) in [4.78, 5) is 0. The first-order valence-corrected chi connectivity index (χ1v) is 10.4. The van der Waals surface area contributed by atoms with E-state index in [0.717, 1.165) is 24.0 Å². The van der Waals surface area contributed by atoms with Crippen molar-refractivity contribution in [1.82, 2.24) is 0 Å². The number of unbranched alkanes of at least 4 members (excludes halogenated alkanes) is 5. The number of benzene rings is 1. The third-order valence-electron chi connectivity index (χ3n) is 4.52. The summed E-state index contributed by atoms with van der Waals surface area (Å²) >= 11 is 9.46. The summed E-state index contributed by atoms with van der Waals surface area (Å²) in [6.07, 6.45) is 8.00. The summed E-state index contributed by atoms with van der Waals surface area (Å²) in [5.41, 5.74) is 1.83. The van der Waals surface area contributed by atoms with Crippen LogP contribution in [0.3, 0.4) is 0 Å².